The Kier molecular flexibility index (Phi) is 2.46. The maximum absolute atomic E-state index is 13.0. The van der Waals surface area contributed by atoms with E-state index in [1.54, 1.807) is 18.5 Å². The molecule has 1 aromatic carbocycles. The number of H-pyrrole nitrogens is 1. The summed E-state index contributed by atoms with van der Waals surface area (Å²) in [6.07, 6.45) is -1.53. The van der Waals surface area contributed by atoms with E-state index in [0.29, 0.717) is 11.1 Å². The zero-order chi connectivity index (χ0) is 11.8. The fraction of sp³-hybridized carbons (Fsp3) is 0.0909. The Balaban J connectivity index is 2.52. The molecule has 0 amide bonds. The average Bonchev–Trinajstić information content (AvgIpc) is 2.69. The molecule has 0 fully saturated rings. The molecule has 0 atom stereocenters. The summed E-state index contributed by atoms with van der Waals surface area (Å²) in [6, 6.07) is 4.56. The smallest absolute Gasteiger partial charge is 0.367 e. The van der Waals surface area contributed by atoms with Crippen LogP contribution in [0.2, 0.25) is 0 Å². The minimum absolute atomic E-state index is 0.329. The summed E-state index contributed by atoms with van der Waals surface area (Å²) in [7, 11) is 0. The maximum atomic E-state index is 13.0. The van der Waals surface area contributed by atoms with Gasteiger partial charge in [0.2, 0.25) is 0 Å². The van der Waals surface area contributed by atoms with Crippen LogP contribution in [-0.4, -0.2) is 4.98 Å². The Labute approximate surface area is 88.7 Å². The van der Waals surface area contributed by atoms with Crippen molar-refractivity contribution in [3.05, 3.63) is 48.0 Å². The van der Waals surface area contributed by atoms with E-state index in [1.807, 2.05) is 0 Å². The molecule has 1 heterocycles. The van der Waals surface area contributed by atoms with Gasteiger partial charge in [-0.3, -0.25) is 0 Å². The molecule has 0 aliphatic heterocycles. The van der Waals surface area contributed by atoms with Gasteiger partial charge in [0.05, 0.1) is 5.56 Å². The third-order valence-electron chi connectivity index (χ3n) is 2.20. The van der Waals surface area contributed by atoms with Gasteiger partial charge < -0.3 is 4.98 Å². The molecule has 1 aromatic heterocycles. The largest absolute Gasteiger partial charge is 0.419 e. The minimum atomic E-state index is -4.67. The second-order valence-electron chi connectivity index (χ2n) is 3.29. The molecule has 16 heavy (non-hydrogen) atoms. The lowest BCUT2D eigenvalue weighted by atomic mass is 10.1. The van der Waals surface area contributed by atoms with Gasteiger partial charge in [0.25, 0.3) is 0 Å². The quantitative estimate of drug-likeness (QED) is 0.715. The topological polar surface area (TPSA) is 15.8 Å². The van der Waals surface area contributed by atoms with Crippen molar-refractivity contribution in [2.24, 2.45) is 0 Å². The molecule has 0 aliphatic rings. The Morgan fingerprint density at radius 3 is 2.31 bits per heavy atom. The predicted molar refractivity (Wildman–Crippen MR) is 51.2 cm³/mol. The summed E-state index contributed by atoms with van der Waals surface area (Å²) in [5, 5.41) is 0. The van der Waals surface area contributed by atoms with Crippen LogP contribution in [0.1, 0.15) is 5.56 Å². The summed E-state index contributed by atoms with van der Waals surface area (Å²) in [4.78, 5) is 2.73. The number of aromatic amines is 1. The van der Waals surface area contributed by atoms with Gasteiger partial charge in [0, 0.05) is 12.4 Å². The Bertz CT molecular complexity index is 485. The molecule has 2 rings (SSSR count). The van der Waals surface area contributed by atoms with E-state index >= 15 is 0 Å². The second kappa shape index (κ2) is 3.66. The first-order valence-corrected chi connectivity index (χ1v) is 4.48. The third kappa shape index (κ3) is 1.93. The summed E-state index contributed by atoms with van der Waals surface area (Å²) >= 11 is 0. The van der Waals surface area contributed by atoms with E-state index < -0.39 is 17.6 Å². The average molecular weight is 229 g/mol. The first kappa shape index (κ1) is 10.7. The van der Waals surface area contributed by atoms with Crippen molar-refractivity contribution in [2.75, 3.05) is 0 Å². The molecule has 0 saturated carbocycles. The Morgan fingerprint density at radius 2 is 1.75 bits per heavy atom. The van der Waals surface area contributed by atoms with Crippen molar-refractivity contribution >= 4 is 0 Å². The van der Waals surface area contributed by atoms with Gasteiger partial charge in [-0.05, 0) is 29.3 Å². The van der Waals surface area contributed by atoms with Crippen LogP contribution in [0.3, 0.4) is 0 Å². The lowest BCUT2D eigenvalue weighted by Gasteiger charge is -2.09. The molecule has 0 unspecified atom stereocenters. The molecule has 1 nitrogen and oxygen atoms in total. The molecule has 0 radical (unpaired) electrons. The normalized spacial score (nSPS) is 11.8. The van der Waals surface area contributed by atoms with E-state index in [4.69, 9.17) is 0 Å². The zero-order valence-corrected chi connectivity index (χ0v) is 7.98. The van der Waals surface area contributed by atoms with Gasteiger partial charge in [0.15, 0.2) is 0 Å². The fourth-order valence-electron chi connectivity index (χ4n) is 1.43. The molecular weight excluding hydrogens is 222 g/mol. The van der Waals surface area contributed by atoms with Gasteiger partial charge in [-0.2, -0.15) is 13.2 Å². The molecule has 0 spiro atoms. The van der Waals surface area contributed by atoms with Gasteiger partial charge in [-0.1, -0.05) is 6.07 Å². The van der Waals surface area contributed by atoms with Gasteiger partial charge >= 0.3 is 6.18 Å². The highest BCUT2D eigenvalue weighted by Gasteiger charge is 2.34. The monoisotopic (exact) mass is 229 g/mol. The molecular formula is C11H7F4N. The number of nitrogens with one attached hydrogen (secondary N) is 1. The number of hydrogen-bond donors (Lipinski definition) is 1. The van der Waals surface area contributed by atoms with Gasteiger partial charge in [0.1, 0.15) is 5.82 Å². The van der Waals surface area contributed by atoms with Crippen molar-refractivity contribution in [1.82, 2.24) is 4.98 Å². The number of benzene rings is 1. The van der Waals surface area contributed by atoms with Crippen LogP contribution in [0.5, 0.6) is 0 Å². The molecule has 1 N–H and O–H groups in total. The minimum Gasteiger partial charge on any atom is -0.367 e. The summed E-state index contributed by atoms with van der Waals surface area (Å²) in [5.74, 6) is -1.26. The second-order valence-corrected chi connectivity index (χ2v) is 3.29. The molecule has 2 aromatic rings. The van der Waals surface area contributed by atoms with Crippen molar-refractivity contribution in [1.29, 1.82) is 0 Å². The van der Waals surface area contributed by atoms with Crippen LogP contribution in [0.15, 0.2) is 36.7 Å². The van der Waals surface area contributed by atoms with E-state index in [2.05, 4.69) is 4.98 Å². The highest BCUT2D eigenvalue weighted by atomic mass is 19.4. The Hall–Kier alpha value is -1.78. The fourth-order valence-corrected chi connectivity index (χ4v) is 1.43. The van der Waals surface area contributed by atoms with Crippen LogP contribution in [-0.2, 0) is 6.18 Å². The first-order chi connectivity index (χ1) is 7.48. The van der Waals surface area contributed by atoms with Crippen LogP contribution in [0, 0.1) is 5.82 Å². The van der Waals surface area contributed by atoms with Crippen molar-refractivity contribution < 1.29 is 17.6 Å². The molecule has 5 heteroatoms. The van der Waals surface area contributed by atoms with Gasteiger partial charge in [-0.15, -0.1) is 0 Å². The molecule has 0 aliphatic carbocycles. The first-order valence-electron chi connectivity index (χ1n) is 4.48. The molecule has 84 valence electrons. The summed E-state index contributed by atoms with van der Waals surface area (Å²) < 4.78 is 50.2. The molecule has 0 bridgehead atoms. The van der Waals surface area contributed by atoms with Crippen LogP contribution < -0.4 is 0 Å². The highest BCUT2D eigenvalue weighted by molar-refractivity contribution is 5.63. The van der Waals surface area contributed by atoms with Crippen LogP contribution in [0.4, 0.5) is 17.6 Å². The van der Waals surface area contributed by atoms with Crippen molar-refractivity contribution in [2.45, 2.75) is 6.18 Å². The third-order valence-corrected chi connectivity index (χ3v) is 2.20. The summed E-state index contributed by atoms with van der Waals surface area (Å²) in [6.45, 7) is 0. The lowest BCUT2D eigenvalue weighted by molar-refractivity contribution is -0.139. The zero-order valence-electron chi connectivity index (χ0n) is 7.98. The van der Waals surface area contributed by atoms with E-state index in [0.717, 1.165) is 12.1 Å². The van der Waals surface area contributed by atoms with Crippen molar-refractivity contribution in [3.63, 3.8) is 0 Å². The SMILES string of the molecule is Fc1ccc(-c2cc[nH]c2)cc1C(F)(F)F. The van der Waals surface area contributed by atoms with E-state index in [-0.39, 0.29) is 0 Å². The van der Waals surface area contributed by atoms with Gasteiger partial charge in [-0.25, -0.2) is 4.39 Å². The highest BCUT2D eigenvalue weighted by Crippen LogP contribution is 2.34. The number of rotatable bonds is 1. The number of alkyl halides is 3. The number of aromatic nitrogens is 1. The van der Waals surface area contributed by atoms with Crippen LogP contribution >= 0.6 is 0 Å². The standard InChI is InChI=1S/C11H7F4N/c12-10-2-1-7(8-3-4-16-6-8)5-9(10)11(13,14)15/h1-6,16H. The maximum Gasteiger partial charge on any atom is 0.419 e. The molecule has 0 saturated heterocycles. The van der Waals surface area contributed by atoms with Crippen molar-refractivity contribution in [3.8, 4) is 11.1 Å². The Morgan fingerprint density at radius 1 is 1.00 bits per heavy atom. The number of halogens is 4. The summed E-state index contributed by atoms with van der Waals surface area (Å²) in [5.41, 5.74) is -0.327. The van der Waals surface area contributed by atoms with E-state index in [1.165, 1.54) is 6.07 Å². The van der Waals surface area contributed by atoms with Crippen LogP contribution in [0.25, 0.3) is 11.1 Å². The predicted octanol–water partition coefficient (Wildman–Crippen LogP) is 3.84. The number of hydrogen-bond acceptors (Lipinski definition) is 0. The van der Waals surface area contributed by atoms with E-state index in [9.17, 15) is 17.6 Å². The lowest BCUT2D eigenvalue weighted by Crippen LogP contribution is -2.08.